The van der Waals surface area contributed by atoms with Gasteiger partial charge in [-0.2, -0.15) is 0 Å². The number of ether oxygens (including phenoxy) is 2. The SMILES string of the molecule is CC[C@H]1O[C@@H](/C(C)=C/C/C=C/[C@H]2[C@@H](C)[C@@H]2CC[C@@H]2O[C@H](CCO)C[C@H](N(C)C)[C@H]2O)CC=C1C. The number of hydrogen-bond acceptors (Lipinski definition) is 5. The summed E-state index contributed by atoms with van der Waals surface area (Å²) in [7, 11) is 4.04. The van der Waals surface area contributed by atoms with Crippen LogP contribution in [-0.4, -0.2) is 72.4 Å². The molecule has 0 radical (unpaired) electrons. The van der Waals surface area contributed by atoms with E-state index in [9.17, 15) is 10.2 Å². The third-order valence-corrected chi connectivity index (χ3v) is 8.48. The van der Waals surface area contributed by atoms with E-state index in [1.165, 1.54) is 11.1 Å². The molecule has 0 unspecified atom stereocenters. The first-order valence-electron chi connectivity index (χ1n) is 13.5. The van der Waals surface area contributed by atoms with Gasteiger partial charge in [0.15, 0.2) is 0 Å². The van der Waals surface area contributed by atoms with Gasteiger partial charge in [0, 0.05) is 12.6 Å². The maximum atomic E-state index is 10.9. The van der Waals surface area contributed by atoms with Gasteiger partial charge in [-0.3, -0.25) is 0 Å². The van der Waals surface area contributed by atoms with Crippen molar-refractivity contribution >= 4 is 0 Å². The van der Waals surface area contributed by atoms with Gasteiger partial charge in [0.25, 0.3) is 0 Å². The highest BCUT2D eigenvalue weighted by atomic mass is 16.5. The third-order valence-electron chi connectivity index (χ3n) is 8.48. The van der Waals surface area contributed by atoms with Crippen LogP contribution < -0.4 is 0 Å². The van der Waals surface area contributed by atoms with Crippen LogP contribution in [0.25, 0.3) is 0 Å². The minimum atomic E-state index is -0.464. The molecule has 2 fully saturated rings. The van der Waals surface area contributed by atoms with E-state index in [0.29, 0.717) is 24.2 Å². The van der Waals surface area contributed by atoms with Crippen molar-refractivity contribution in [1.82, 2.24) is 4.90 Å². The maximum Gasteiger partial charge on any atom is 0.0957 e. The fourth-order valence-electron chi connectivity index (χ4n) is 5.95. The van der Waals surface area contributed by atoms with Crippen molar-refractivity contribution in [1.29, 1.82) is 0 Å². The summed E-state index contributed by atoms with van der Waals surface area (Å²) in [6, 6.07) is 0.0952. The Morgan fingerprint density at radius 3 is 2.65 bits per heavy atom. The standard InChI is InChI=1S/C29H49NO4/c1-7-26-20(3)12-14-27(34-26)19(2)10-8-9-11-23-21(4)24(23)13-15-28-29(32)25(30(5)6)18-22(33-28)16-17-31/h9-12,21-29,31-32H,7-8,13-18H2,1-6H3/b11-9+,19-10+/t21-,22-,23+,24+,25+,26-,27-,28+,29-/m1/s1. The van der Waals surface area contributed by atoms with E-state index in [-0.39, 0.29) is 37.1 Å². The lowest BCUT2D eigenvalue weighted by Crippen LogP contribution is -2.53. The van der Waals surface area contributed by atoms with Crippen molar-refractivity contribution < 1.29 is 19.7 Å². The lowest BCUT2D eigenvalue weighted by molar-refractivity contribution is -0.154. The van der Waals surface area contributed by atoms with Crippen molar-refractivity contribution in [2.45, 2.75) is 109 Å². The van der Waals surface area contributed by atoms with Gasteiger partial charge in [-0.05, 0) is 102 Å². The van der Waals surface area contributed by atoms with Gasteiger partial charge in [0.1, 0.15) is 0 Å². The molecule has 0 aromatic heterocycles. The number of hydrogen-bond donors (Lipinski definition) is 2. The van der Waals surface area contributed by atoms with Crippen LogP contribution in [0.5, 0.6) is 0 Å². The van der Waals surface area contributed by atoms with Crippen molar-refractivity contribution in [2.75, 3.05) is 20.7 Å². The smallest absolute Gasteiger partial charge is 0.0957 e. The number of aliphatic hydroxyl groups is 2. The highest BCUT2D eigenvalue weighted by Gasteiger charge is 2.45. The van der Waals surface area contributed by atoms with Crippen molar-refractivity contribution in [3.63, 3.8) is 0 Å². The van der Waals surface area contributed by atoms with Gasteiger partial charge in [-0.1, -0.05) is 38.2 Å². The quantitative estimate of drug-likeness (QED) is 0.417. The summed E-state index contributed by atoms with van der Waals surface area (Å²) in [4.78, 5) is 2.10. The Labute approximate surface area is 207 Å². The average molecular weight is 476 g/mol. The molecule has 1 saturated heterocycles. The Morgan fingerprint density at radius 2 is 1.97 bits per heavy atom. The van der Waals surface area contributed by atoms with E-state index in [0.717, 1.165) is 38.5 Å². The molecule has 34 heavy (non-hydrogen) atoms. The van der Waals surface area contributed by atoms with Crippen molar-refractivity contribution in [3.05, 3.63) is 35.5 Å². The van der Waals surface area contributed by atoms with E-state index in [1.807, 2.05) is 14.1 Å². The number of aliphatic hydroxyl groups excluding tert-OH is 2. The lowest BCUT2D eigenvalue weighted by Gasteiger charge is -2.42. The molecule has 2 heterocycles. The number of likely N-dealkylation sites (N-methyl/N-ethyl adjacent to an activating group) is 1. The van der Waals surface area contributed by atoms with Gasteiger partial charge in [-0.25, -0.2) is 0 Å². The molecule has 194 valence electrons. The molecular formula is C29H49NO4. The van der Waals surface area contributed by atoms with Gasteiger partial charge in [-0.15, -0.1) is 0 Å². The van der Waals surface area contributed by atoms with Crippen LogP contribution in [0.4, 0.5) is 0 Å². The molecule has 3 rings (SSSR count). The summed E-state index contributed by atoms with van der Waals surface area (Å²) in [6.07, 6.45) is 15.7. The third kappa shape index (κ3) is 7.04. The van der Waals surface area contributed by atoms with Crippen LogP contribution in [0.15, 0.2) is 35.5 Å². The molecule has 0 aromatic rings. The normalized spacial score (nSPS) is 39.0. The zero-order chi connectivity index (χ0) is 24.8. The van der Waals surface area contributed by atoms with E-state index >= 15 is 0 Å². The van der Waals surface area contributed by atoms with E-state index in [2.05, 4.69) is 56.9 Å². The molecule has 2 N–H and O–H groups in total. The predicted molar refractivity (Wildman–Crippen MR) is 139 cm³/mol. The van der Waals surface area contributed by atoms with Crippen LogP contribution in [0.3, 0.4) is 0 Å². The lowest BCUT2D eigenvalue weighted by atomic mass is 9.90. The van der Waals surface area contributed by atoms with Gasteiger partial charge < -0.3 is 24.6 Å². The Balaban J connectivity index is 1.45. The molecule has 1 saturated carbocycles. The van der Waals surface area contributed by atoms with Crippen LogP contribution in [-0.2, 0) is 9.47 Å². The molecule has 3 aliphatic rings. The Hall–Kier alpha value is -0.980. The minimum absolute atomic E-state index is 0.0355. The Morgan fingerprint density at radius 1 is 1.21 bits per heavy atom. The predicted octanol–water partition coefficient (Wildman–Crippen LogP) is 4.89. The first-order valence-corrected chi connectivity index (χ1v) is 13.5. The number of rotatable bonds is 11. The molecule has 0 spiro atoms. The van der Waals surface area contributed by atoms with E-state index in [4.69, 9.17) is 9.47 Å². The second-order valence-electron chi connectivity index (χ2n) is 11.1. The molecule has 2 aliphatic heterocycles. The fraction of sp³-hybridized carbons (Fsp3) is 0.793. The monoisotopic (exact) mass is 475 g/mol. The van der Waals surface area contributed by atoms with E-state index in [1.54, 1.807) is 0 Å². The Bertz CT molecular complexity index is 730. The van der Waals surface area contributed by atoms with Gasteiger partial charge >= 0.3 is 0 Å². The molecule has 0 amide bonds. The molecule has 5 heteroatoms. The molecule has 0 aromatic carbocycles. The number of allylic oxidation sites excluding steroid dienone is 3. The summed E-state index contributed by atoms with van der Waals surface area (Å²) in [5.74, 6) is 2.00. The molecule has 1 aliphatic carbocycles. The van der Waals surface area contributed by atoms with Gasteiger partial charge in [0.2, 0.25) is 0 Å². The summed E-state index contributed by atoms with van der Waals surface area (Å²) < 4.78 is 12.5. The fourth-order valence-corrected chi connectivity index (χ4v) is 5.95. The van der Waals surface area contributed by atoms with Gasteiger partial charge in [0.05, 0.1) is 30.5 Å². The van der Waals surface area contributed by atoms with Crippen LogP contribution >= 0.6 is 0 Å². The molecule has 9 atom stereocenters. The number of nitrogens with zero attached hydrogens (tertiary/aromatic N) is 1. The van der Waals surface area contributed by atoms with Crippen LogP contribution in [0, 0.1) is 17.8 Å². The summed E-state index contributed by atoms with van der Waals surface area (Å²) in [5, 5.41) is 20.2. The molecule has 5 nitrogen and oxygen atoms in total. The Kier molecular flexibility index (Phi) is 10.4. The van der Waals surface area contributed by atoms with Crippen molar-refractivity contribution in [3.8, 4) is 0 Å². The molecular weight excluding hydrogens is 426 g/mol. The second kappa shape index (κ2) is 12.8. The zero-order valence-electron chi connectivity index (χ0n) is 22.3. The topological polar surface area (TPSA) is 62.2 Å². The zero-order valence-corrected chi connectivity index (χ0v) is 22.3. The van der Waals surface area contributed by atoms with Crippen molar-refractivity contribution in [2.24, 2.45) is 17.8 Å². The largest absolute Gasteiger partial charge is 0.396 e. The minimum Gasteiger partial charge on any atom is -0.396 e. The molecule has 0 bridgehead atoms. The van der Waals surface area contributed by atoms with Crippen LogP contribution in [0.2, 0.25) is 0 Å². The summed E-state index contributed by atoms with van der Waals surface area (Å²) in [6.45, 7) is 9.04. The maximum absolute atomic E-state index is 10.9. The van der Waals surface area contributed by atoms with E-state index < -0.39 is 6.10 Å². The first-order chi connectivity index (χ1) is 16.3. The summed E-state index contributed by atoms with van der Waals surface area (Å²) in [5.41, 5.74) is 2.70. The highest BCUT2D eigenvalue weighted by molar-refractivity contribution is 5.17. The summed E-state index contributed by atoms with van der Waals surface area (Å²) >= 11 is 0. The second-order valence-corrected chi connectivity index (χ2v) is 11.1. The first kappa shape index (κ1) is 27.6. The average Bonchev–Trinajstić information content (AvgIpc) is 3.44. The van der Waals surface area contributed by atoms with Crippen LogP contribution in [0.1, 0.15) is 72.6 Å². The highest BCUT2D eigenvalue weighted by Crippen LogP contribution is 2.50.